The summed E-state index contributed by atoms with van der Waals surface area (Å²) in [6, 6.07) is 1.88. The number of rotatable bonds is 7. The van der Waals surface area contributed by atoms with Gasteiger partial charge in [0.2, 0.25) is 0 Å². The first kappa shape index (κ1) is 28.5. The molecule has 2 aromatic heterocycles. The van der Waals surface area contributed by atoms with Crippen LogP contribution in [-0.4, -0.2) is 81.2 Å². The Labute approximate surface area is 193 Å². The van der Waals surface area contributed by atoms with Gasteiger partial charge >= 0.3 is 0 Å². The molecule has 0 aromatic carbocycles. The third-order valence-electron chi connectivity index (χ3n) is 5.24. The molecule has 184 valence electrons. The molecule has 0 saturated carbocycles. The van der Waals surface area contributed by atoms with Crippen molar-refractivity contribution in [3.8, 4) is 0 Å². The zero-order valence-electron chi connectivity index (χ0n) is 18.0. The molecule has 15 heteroatoms. The molecule has 32 heavy (non-hydrogen) atoms. The predicted octanol–water partition coefficient (Wildman–Crippen LogP) is 0.736. The lowest BCUT2D eigenvalue weighted by Crippen LogP contribution is -2.50. The standard InChI is InChI=1S/C17H27N5O6S2.ClH.H2O/c1-11(2)14-9-18-22-15(8-12(3)19-17(14)22)20-13-4-6-21(7-5-13)16(30(26,27)28)10-29(23,24)25;;/h8-9,11,13,16,20H,4-7,10H2,1-3H3,(H,23,24,25)(H,26,27,28);1H;1H2. The first-order chi connectivity index (χ1) is 13.8. The fraction of sp³-hybridized carbons (Fsp3) is 0.647. The molecule has 3 heterocycles. The number of halogens is 1. The van der Waals surface area contributed by atoms with Gasteiger partial charge in [0.05, 0.1) is 6.20 Å². The predicted molar refractivity (Wildman–Crippen MR) is 123 cm³/mol. The molecule has 0 spiro atoms. The highest BCUT2D eigenvalue weighted by Crippen LogP contribution is 2.25. The first-order valence-electron chi connectivity index (χ1n) is 9.62. The van der Waals surface area contributed by atoms with Gasteiger partial charge in [-0.15, -0.1) is 12.4 Å². The third kappa shape index (κ3) is 6.73. The van der Waals surface area contributed by atoms with E-state index >= 15 is 0 Å². The molecular weight excluding hydrogens is 486 g/mol. The van der Waals surface area contributed by atoms with E-state index in [-0.39, 0.29) is 42.9 Å². The van der Waals surface area contributed by atoms with Gasteiger partial charge in [0, 0.05) is 36.5 Å². The summed E-state index contributed by atoms with van der Waals surface area (Å²) in [5, 5.41) is 6.16. The third-order valence-corrected chi connectivity index (χ3v) is 7.34. The van der Waals surface area contributed by atoms with E-state index in [0.29, 0.717) is 12.8 Å². The van der Waals surface area contributed by atoms with E-state index in [1.165, 1.54) is 4.90 Å². The van der Waals surface area contributed by atoms with Crippen LogP contribution in [0.4, 0.5) is 5.82 Å². The smallest absolute Gasteiger partial charge is 0.282 e. The van der Waals surface area contributed by atoms with Crippen LogP contribution in [0.3, 0.4) is 0 Å². The second-order valence-corrected chi connectivity index (χ2v) is 11.0. The van der Waals surface area contributed by atoms with Crippen molar-refractivity contribution >= 4 is 44.1 Å². The molecule has 3 rings (SSSR count). The van der Waals surface area contributed by atoms with Crippen LogP contribution in [0.2, 0.25) is 0 Å². The van der Waals surface area contributed by atoms with Crippen LogP contribution in [-0.2, 0) is 20.2 Å². The summed E-state index contributed by atoms with van der Waals surface area (Å²) < 4.78 is 65.8. The second-order valence-electron chi connectivity index (χ2n) is 7.95. The van der Waals surface area contributed by atoms with Gasteiger partial charge in [0.15, 0.2) is 11.0 Å². The monoisotopic (exact) mass is 515 g/mol. The molecule has 0 aliphatic carbocycles. The highest BCUT2D eigenvalue weighted by atomic mass is 35.5. The van der Waals surface area contributed by atoms with Gasteiger partial charge in [-0.25, -0.2) is 4.98 Å². The first-order valence-corrected chi connectivity index (χ1v) is 12.7. The number of hydrogen-bond donors (Lipinski definition) is 3. The number of piperidine rings is 1. The summed E-state index contributed by atoms with van der Waals surface area (Å²) in [4.78, 5) is 5.94. The summed E-state index contributed by atoms with van der Waals surface area (Å²) in [6.07, 6.45) is 2.82. The van der Waals surface area contributed by atoms with Gasteiger partial charge < -0.3 is 10.8 Å². The van der Waals surface area contributed by atoms with Crippen molar-refractivity contribution in [1.29, 1.82) is 0 Å². The number of anilines is 1. The topological polar surface area (TPSA) is 186 Å². The highest BCUT2D eigenvalue weighted by molar-refractivity contribution is 7.90. The Balaban J connectivity index is 0.00000256. The van der Waals surface area contributed by atoms with E-state index < -0.39 is 31.4 Å². The Hall–Kier alpha value is -1.55. The van der Waals surface area contributed by atoms with Crippen LogP contribution in [0.15, 0.2) is 12.3 Å². The van der Waals surface area contributed by atoms with Gasteiger partial charge in [-0.3, -0.25) is 14.0 Å². The van der Waals surface area contributed by atoms with Crippen molar-refractivity contribution in [3.63, 3.8) is 0 Å². The summed E-state index contributed by atoms with van der Waals surface area (Å²) in [6.45, 7) is 6.52. The quantitative estimate of drug-likeness (QED) is 0.444. The molecule has 5 N–H and O–H groups in total. The van der Waals surface area contributed by atoms with Crippen LogP contribution in [0.25, 0.3) is 5.65 Å². The maximum Gasteiger partial charge on any atom is 0.282 e. The van der Waals surface area contributed by atoms with Crippen molar-refractivity contribution in [2.75, 3.05) is 24.2 Å². The molecule has 0 bridgehead atoms. The number of aromatic nitrogens is 3. The second kappa shape index (κ2) is 10.6. The Morgan fingerprint density at radius 3 is 2.28 bits per heavy atom. The maximum absolute atomic E-state index is 11.6. The molecule has 2 aromatic rings. The van der Waals surface area contributed by atoms with Crippen molar-refractivity contribution in [3.05, 3.63) is 23.5 Å². The summed E-state index contributed by atoms with van der Waals surface area (Å²) >= 11 is 0. The number of likely N-dealkylation sites (tertiary alicyclic amines) is 1. The van der Waals surface area contributed by atoms with Crippen LogP contribution < -0.4 is 5.32 Å². The van der Waals surface area contributed by atoms with Crippen molar-refractivity contribution < 1.29 is 31.4 Å². The number of fused-ring (bicyclic) bond motifs is 1. The molecule has 12 nitrogen and oxygen atoms in total. The number of aryl methyl sites for hydroxylation is 1. The zero-order chi connectivity index (χ0) is 22.3. The SMILES string of the molecule is Cc1cc(NC2CCN(C(CS(=O)(=O)O)S(=O)(=O)O)CC2)n2ncc(C(C)C)c2n1.Cl.O. The van der Waals surface area contributed by atoms with Gasteiger partial charge in [-0.2, -0.15) is 26.4 Å². The molecule has 1 aliphatic heterocycles. The largest absolute Gasteiger partial charge is 0.412 e. The van der Waals surface area contributed by atoms with E-state index in [4.69, 9.17) is 4.55 Å². The van der Waals surface area contributed by atoms with Crippen LogP contribution in [0, 0.1) is 6.92 Å². The minimum absolute atomic E-state index is 0. The lowest BCUT2D eigenvalue weighted by molar-refractivity contribution is 0.199. The maximum atomic E-state index is 11.6. The van der Waals surface area contributed by atoms with E-state index in [1.807, 2.05) is 13.0 Å². The Bertz CT molecular complexity index is 1130. The average molecular weight is 516 g/mol. The van der Waals surface area contributed by atoms with Crippen molar-refractivity contribution in [2.24, 2.45) is 0 Å². The molecule has 1 fully saturated rings. The van der Waals surface area contributed by atoms with E-state index in [2.05, 4.69) is 29.2 Å². The van der Waals surface area contributed by atoms with Crippen LogP contribution in [0.1, 0.15) is 43.9 Å². The molecule has 1 saturated heterocycles. The minimum atomic E-state index is -4.67. The molecular formula is C17H30ClN5O7S2. The van der Waals surface area contributed by atoms with Crippen LogP contribution >= 0.6 is 12.4 Å². The molecule has 0 radical (unpaired) electrons. The van der Waals surface area contributed by atoms with E-state index in [1.54, 1.807) is 10.7 Å². The summed E-state index contributed by atoms with van der Waals surface area (Å²) in [5.74, 6) is -0.0282. The molecule has 1 unspecified atom stereocenters. The van der Waals surface area contributed by atoms with Gasteiger partial charge in [0.1, 0.15) is 11.6 Å². The lowest BCUT2D eigenvalue weighted by atomic mass is 10.1. The van der Waals surface area contributed by atoms with Gasteiger partial charge in [0.25, 0.3) is 20.2 Å². The Morgan fingerprint density at radius 2 is 1.78 bits per heavy atom. The normalized spacial score (nSPS) is 17.1. The fourth-order valence-corrected chi connectivity index (χ4v) is 6.07. The summed E-state index contributed by atoms with van der Waals surface area (Å²) in [7, 11) is -9.24. The Kier molecular flexibility index (Phi) is 9.42. The van der Waals surface area contributed by atoms with E-state index in [9.17, 15) is 21.4 Å². The van der Waals surface area contributed by atoms with Crippen LogP contribution in [0.5, 0.6) is 0 Å². The number of nitrogens with zero attached hydrogens (tertiary/aromatic N) is 4. The molecule has 1 atom stereocenters. The van der Waals surface area contributed by atoms with E-state index in [0.717, 1.165) is 22.7 Å². The van der Waals surface area contributed by atoms with Crippen molar-refractivity contribution in [2.45, 2.75) is 50.9 Å². The van der Waals surface area contributed by atoms with Gasteiger partial charge in [-0.1, -0.05) is 13.8 Å². The fourth-order valence-electron chi connectivity index (χ4n) is 3.71. The lowest BCUT2D eigenvalue weighted by Gasteiger charge is -2.36. The highest BCUT2D eigenvalue weighted by Gasteiger charge is 2.36. The Morgan fingerprint density at radius 1 is 1.19 bits per heavy atom. The number of nitrogens with one attached hydrogen (secondary N) is 1. The molecule has 0 amide bonds. The molecule has 1 aliphatic rings. The number of hydrogen-bond acceptors (Lipinski definition) is 8. The summed E-state index contributed by atoms with van der Waals surface area (Å²) in [5.41, 5.74) is 2.66. The van der Waals surface area contributed by atoms with Crippen molar-refractivity contribution in [1.82, 2.24) is 19.5 Å². The average Bonchev–Trinajstić information content (AvgIpc) is 3.03. The van der Waals surface area contributed by atoms with Gasteiger partial charge in [-0.05, 0) is 25.7 Å². The zero-order valence-corrected chi connectivity index (χ0v) is 20.4. The minimum Gasteiger partial charge on any atom is -0.412 e.